The molecule has 1 aliphatic rings. The van der Waals surface area contributed by atoms with Gasteiger partial charge in [-0.1, -0.05) is 6.08 Å². The van der Waals surface area contributed by atoms with E-state index in [1.54, 1.807) is 28.4 Å². The summed E-state index contributed by atoms with van der Waals surface area (Å²) in [5.74, 6) is 2.80. The van der Waals surface area contributed by atoms with E-state index >= 15 is 0 Å². The Morgan fingerprint density at radius 3 is 2.16 bits per heavy atom. The maximum atomic E-state index is 5.48. The van der Waals surface area contributed by atoms with Gasteiger partial charge in [0, 0.05) is 0 Å². The molecular formula is C21H23O4. The summed E-state index contributed by atoms with van der Waals surface area (Å²) in [6.07, 6.45) is 5.25. The smallest absolute Gasteiger partial charge is 0.203 e. The molecule has 0 aliphatic heterocycles. The molecule has 2 aromatic carbocycles. The molecule has 0 amide bonds. The largest absolute Gasteiger partial charge is 0.497 e. The van der Waals surface area contributed by atoms with Crippen molar-refractivity contribution >= 4 is 11.6 Å². The van der Waals surface area contributed by atoms with Crippen molar-refractivity contribution in [2.24, 2.45) is 0 Å². The standard InChI is InChI=1S/C21H23O4/c1-22-18-9-8-16-10-14(6-5-7-15(16)11-18)17-12-19(23-2)21(25-4)20(13-17)24-3/h9-13H,5-7H2,1-4H3. The van der Waals surface area contributed by atoms with Gasteiger partial charge in [-0.25, -0.2) is 0 Å². The van der Waals surface area contributed by atoms with E-state index in [9.17, 15) is 0 Å². The summed E-state index contributed by atoms with van der Waals surface area (Å²) in [7, 11) is 6.57. The highest BCUT2D eigenvalue weighted by Crippen LogP contribution is 2.41. The Morgan fingerprint density at radius 1 is 0.840 bits per heavy atom. The van der Waals surface area contributed by atoms with Crippen LogP contribution in [0.25, 0.3) is 11.6 Å². The molecule has 0 bridgehead atoms. The molecule has 0 N–H and O–H groups in total. The topological polar surface area (TPSA) is 36.9 Å². The minimum absolute atomic E-state index is 0.611. The Labute approximate surface area is 149 Å². The molecule has 0 aromatic heterocycles. The highest BCUT2D eigenvalue weighted by atomic mass is 16.5. The van der Waals surface area contributed by atoms with E-state index in [1.807, 2.05) is 18.2 Å². The van der Waals surface area contributed by atoms with Crippen LogP contribution in [0.2, 0.25) is 0 Å². The van der Waals surface area contributed by atoms with Crippen LogP contribution in [-0.4, -0.2) is 28.4 Å². The van der Waals surface area contributed by atoms with Crippen LogP contribution in [0.15, 0.2) is 24.3 Å². The highest BCUT2D eigenvalue weighted by Gasteiger charge is 2.17. The lowest BCUT2D eigenvalue weighted by Gasteiger charge is -2.15. The molecule has 25 heavy (non-hydrogen) atoms. The van der Waals surface area contributed by atoms with Gasteiger partial charge in [-0.2, -0.15) is 0 Å². The van der Waals surface area contributed by atoms with Gasteiger partial charge in [0.05, 0.1) is 28.4 Å². The number of rotatable bonds is 5. The highest BCUT2D eigenvalue weighted by molar-refractivity contribution is 5.84. The molecule has 0 heterocycles. The zero-order valence-electron chi connectivity index (χ0n) is 15.1. The normalized spacial score (nSPS) is 13.4. The van der Waals surface area contributed by atoms with Crippen molar-refractivity contribution in [2.45, 2.75) is 19.3 Å². The van der Waals surface area contributed by atoms with Crippen LogP contribution in [0.5, 0.6) is 23.0 Å². The number of aryl methyl sites for hydroxylation is 1. The quantitative estimate of drug-likeness (QED) is 0.809. The zero-order valence-corrected chi connectivity index (χ0v) is 15.1. The Morgan fingerprint density at radius 2 is 1.56 bits per heavy atom. The van der Waals surface area contributed by atoms with Crippen LogP contribution in [0.3, 0.4) is 0 Å². The van der Waals surface area contributed by atoms with Gasteiger partial charge in [0.1, 0.15) is 5.75 Å². The van der Waals surface area contributed by atoms with Gasteiger partial charge in [0.15, 0.2) is 11.5 Å². The van der Waals surface area contributed by atoms with Gasteiger partial charge in [0.2, 0.25) is 5.75 Å². The summed E-state index contributed by atoms with van der Waals surface area (Å²) in [6, 6.07) is 11.3. The van der Waals surface area contributed by atoms with Crippen LogP contribution in [0.4, 0.5) is 0 Å². The predicted molar refractivity (Wildman–Crippen MR) is 98.7 cm³/mol. The first-order valence-corrected chi connectivity index (χ1v) is 8.29. The third-order valence-electron chi connectivity index (χ3n) is 4.51. The summed E-state index contributed by atoms with van der Waals surface area (Å²) in [5.41, 5.74) is 4.69. The molecule has 0 atom stereocenters. The number of methoxy groups -OCH3 is 4. The number of benzene rings is 2. The van der Waals surface area contributed by atoms with E-state index in [4.69, 9.17) is 18.9 Å². The minimum atomic E-state index is 0.611. The number of hydrogen-bond donors (Lipinski definition) is 0. The van der Waals surface area contributed by atoms with Crippen molar-refractivity contribution in [1.29, 1.82) is 0 Å². The second kappa shape index (κ2) is 7.51. The molecule has 0 saturated carbocycles. The van der Waals surface area contributed by atoms with Crippen molar-refractivity contribution in [3.8, 4) is 23.0 Å². The molecule has 1 radical (unpaired) electrons. The molecule has 0 fully saturated rings. The molecule has 2 aromatic rings. The fraction of sp³-hybridized carbons (Fsp3) is 0.333. The minimum Gasteiger partial charge on any atom is -0.497 e. The fourth-order valence-electron chi connectivity index (χ4n) is 3.20. The Bertz CT molecular complexity index is 767. The summed E-state index contributed by atoms with van der Waals surface area (Å²) >= 11 is 0. The van der Waals surface area contributed by atoms with Crippen molar-refractivity contribution < 1.29 is 18.9 Å². The number of ether oxygens (including phenoxy) is 4. The summed E-state index contributed by atoms with van der Waals surface area (Å²) in [4.78, 5) is 0. The second-order valence-corrected chi connectivity index (χ2v) is 5.92. The number of hydrogen-bond acceptors (Lipinski definition) is 4. The SMILES string of the molecule is COc1c[c]c2c(c1)CCCC(c1cc(OC)c(OC)c(OC)c1)=C2. The lowest BCUT2D eigenvalue weighted by molar-refractivity contribution is 0.324. The number of allylic oxidation sites excluding steroid dienone is 1. The van der Waals surface area contributed by atoms with E-state index in [1.165, 1.54) is 11.1 Å². The molecular weight excluding hydrogens is 316 g/mol. The predicted octanol–water partition coefficient (Wildman–Crippen LogP) is 4.40. The summed E-state index contributed by atoms with van der Waals surface area (Å²) in [5, 5.41) is 0. The maximum Gasteiger partial charge on any atom is 0.203 e. The Hall–Kier alpha value is -2.62. The molecule has 0 spiro atoms. The second-order valence-electron chi connectivity index (χ2n) is 5.92. The average Bonchev–Trinajstić information content (AvgIpc) is 2.88. The van der Waals surface area contributed by atoms with Crippen LogP contribution >= 0.6 is 0 Å². The van der Waals surface area contributed by atoms with Crippen LogP contribution in [0.1, 0.15) is 29.5 Å². The first-order valence-electron chi connectivity index (χ1n) is 8.29. The van der Waals surface area contributed by atoms with E-state index in [2.05, 4.69) is 18.2 Å². The van der Waals surface area contributed by atoms with E-state index in [-0.39, 0.29) is 0 Å². The third-order valence-corrected chi connectivity index (χ3v) is 4.51. The van der Waals surface area contributed by atoms with Crippen molar-refractivity contribution in [3.63, 3.8) is 0 Å². The Balaban J connectivity index is 2.07. The monoisotopic (exact) mass is 339 g/mol. The summed E-state index contributed by atoms with van der Waals surface area (Å²) < 4.78 is 21.7. The molecule has 0 unspecified atom stereocenters. The van der Waals surface area contributed by atoms with Gasteiger partial charge in [-0.15, -0.1) is 0 Å². The fourth-order valence-corrected chi connectivity index (χ4v) is 3.20. The van der Waals surface area contributed by atoms with Gasteiger partial charge in [0.25, 0.3) is 0 Å². The lowest BCUT2D eigenvalue weighted by Crippen LogP contribution is -1.97. The van der Waals surface area contributed by atoms with Crippen LogP contribution < -0.4 is 18.9 Å². The van der Waals surface area contributed by atoms with E-state index in [0.717, 1.165) is 36.1 Å². The molecule has 4 heteroatoms. The van der Waals surface area contributed by atoms with Gasteiger partial charge in [-0.3, -0.25) is 0 Å². The molecule has 1 aliphatic carbocycles. The summed E-state index contributed by atoms with van der Waals surface area (Å²) in [6.45, 7) is 0. The number of fused-ring (bicyclic) bond motifs is 1. The Kier molecular flexibility index (Phi) is 5.17. The van der Waals surface area contributed by atoms with Gasteiger partial charge in [-0.05, 0) is 71.9 Å². The lowest BCUT2D eigenvalue weighted by atomic mass is 9.99. The molecule has 4 nitrogen and oxygen atoms in total. The van der Waals surface area contributed by atoms with Crippen LogP contribution in [-0.2, 0) is 6.42 Å². The van der Waals surface area contributed by atoms with Crippen molar-refractivity contribution in [3.05, 3.63) is 47.0 Å². The third kappa shape index (κ3) is 3.43. The molecule has 0 saturated heterocycles. The van der Waals surface area contributed by atoms with Gasteiger partial charge < -0.3 is 18.9 Å². The molecule has 3 rings (SSSR count). The average molecular weight is 339 g/mol. The first-order chi connectivity index (χ1) is 12.2. The zero-order chi connectivity index (χ0) is 17.8. The van der Waals surface area contributed by atoms with E-state index in [0.29, 0.717) is 17.2 Å². The molecule has 131 valence electrons. The van der Waals surface area contributed by atoms with Crippen molar-refractivity contribution in [2.75, 3.05) is 28.4 Å². The first kappa shape index (κ1) is 17.2. The maximum absolute atomic E-state index is 5.48. The van der Waals surface area contributed by atoms with Gasteiger partial charge >= 0.3 is 0 Å². The van der Waals surface area contributed by atoms with Crippen LogP contribution in [0, 0.1) is 6.07 Å². The van der Waals surface area contributed by atoms with Crippen molar-refractivity contribution in [1.82, 2.24) is 0 Å². The van der Waals surface area contributed by atoms with E-state index < -0.39 is 0 Å².